The Hall–Kier alpha value is -2.38. The molecule has 0 heterocycles. The fourth-order valence-corrected chi connectivity index (χ4v) is 3.79. The van der Waals surface area contributed by atoms with Crippen molar-refractivity contribution in [2.24, 2.45) is 5.92 Å². The Morgan fingerprint density at radius 2 is 1.62 bits per heavy atom. The zero-order valence-electron chi connectivity index (χ0n) is 15.3. The van der Waals surface area contributed by atoms with Gasteiger partial charge in [0, 0.05) is 12.7 Å². The van der Waals surface area contributed by atoms with Crippen molar-refractivity contribution in [1.29, 1.82) is 0 Å². The third-order valence-electron chi connectivity index (χ3n) is 4.06. The van der Waals surface area contributed by atoms with Crippen LogP contribution in [0.3, 0.4) is 0 Å². The zero-order chi connectivity index (χ0) is 19.3. The molecule has 0 saturated carbocycles. The summed E-state index contributed by atoms with van der Waals surface area (Å²) < 4.78 is 33.0. The molecule has 2 aromatic rings. The number of hydrogen-bond acceptors (Lipinski definition) is 4. The molecule has 6 nitrogen and oxygen atoms in total. The van der Waals surface area contributed by atoms with Gasteiger partial charge in [0.2, 0.25) is 15.9 Å². The number of carbonyl (C=O) groups is 1. The number of rotatable bonds is 7. The monoisotopic (exact) mass is 376 g/mol. The molecule has 0 radical (unpaired) electrons. The van der Waals surface area contributed by atoms with Crippen molar-refractivity contribution in [3.8, 4) is 5.75 Å². The lowest BCUT2D eigenvalue weighted by Crippen LogP contribution is -2.50. The molecule has 7 heteroatoms. The SMILES string of the molecule is COc1ccc(S(=O)(=O)N[C@H](C(=O)N(C)c2ccccc2)C(C)C)cc1. The van der Waals surface area contributed by atoms with Gasteiger partial charge in [0.05, 0.1) is 12.0 Å². The average molecular weight is 376 g/mol. The maximum absolute atomic E-state index is 12.9. The number of nitrogens with one attached hydrogen (secondary N) is 1. The van der Waals surface area contributed by atoms with Crippen molar-refractivity contribution in [2.75, 3.05) is 19.1 Å². The summed E-state index contributed by atoms with van der Waals surface area (Å²) in [6, 6.07) is 14.2. The molecule has 26 heavy (non-hydrogen) atoms. The van der Waals surface area contributed by atoms with Crippen LogP contribution in [0.5, 0.6) is 5.75 Å². The standard InChI is InChI=1S/C19H24N2O4S/c1-14(2)18(19(22)21(3)15-8-6-5-7-9-15)20-26(23,24)17-12-10-16(25-4)11-13-17/h5-14,18,20H,1-4H3/t18-/m0/s1. The van der Waals surface area contributed by atoms with E-state index in [1.54, 1.807) is 45.2 Å². The van der Waals surface area contributed by atoms with E-state index in [0.29, 0.717) is 11.4 Å². The number of methoxy groups -OCH3 is 1. The molecule has 0 aliphatic carbocycles. The van der Waals surface area contributed by atoms with Gasteiger partial charge < -0.3 is 9.64 Å². The summed E-state index contributed by atoms with van der Waals surface area (Å²) in [6.45, 7) is 3.61. The third-order valence-corrected chi connectivity index (χ3v) is 5.52. The van der Waals surface area contributed by atoms with Crippen molar-refractivity contribution in [1.82, 2.24) is 4.72 Å². The number of likely N-dealkylation sites (N-methyl/N-ethyl adjacent to an activating group) is 1. The first-order chi connectivity index (χ1) is 12.3. The Morgan fingerprint density at radius 3 is 2.12 bits per heavy atom. The molecule has 1 N–H and O–H groups in total. The van der Waals surface area contributed by atoms with Gasteiger partial charge >= 0.3 is 0 Å². The second-order valence-electron chi connectivity index (χ2n) is 6.25. The molecule has 1 atom stereocenters. The fourth-order valence-electron chi connectivity index (χ4n) is 2.45. The second-order valence-corrected chi connectivity index (χ2v) is 7.97. The minimum atomic E-state index is -3.84. The summed E-state index contributed by atoms with van der Waals surface area (Å²) >= 11 is 0. The molecular weight excluding hydrogens is 352 g/mol. The maximum atomic E-state index is 12.9. The molecule has 2 aromatic carbocycles. The molecule has 2 rings (SSSR count). The minimum Gasteiger partial charge on any atom is -0.497 e. The van der Waals surface area contributed by atoms with E-state index in [-0.39, 0.29) is 16.7 Å². The van der Waals surface area contributed by atoms with E-state index < -0.39 is 16.1 Å². The lowest BCUT2D eigenvalue weighted by Gasteiger charge is -2.27. The number of anilines is 1. The van der Waals surface area contributed by atoms with E-state index >= 15 is 0 Å². The van der Waals surface area contributed by atoms with Crippen molar-refractivity contribution in [3.05, 3.63) is 54.6 Å². The Bertz CT molecular complexity index is 834. The first-order valence-corrected chi connectivity index (χ1v) is 9.73. The quantitative estimate of drug-likeness (QED) is 0.806. The van der Waals surface area contributed by atoms with Gasteiger partial charge in [-0.15, -0.1) is 0 Å². The number of nitrogens with zero attached hydrogens (tertiary/aromatic N) is 1. The summed E-state index contributed by atoms with van der Waals surface area (Å²) in [7, 11) is -0.701. The number of benzene rings is 2. The summed E-state index contributed by atoms with van der Waals surface area (Å²) in [5.41, 5.74) is 0.701. The van der Waals surface area contributed by atoms with E-state index in [1.165, 1.54) is 24.1 Å². The van der Waals surface area contributed by atoms with Gasteiger partial charge in [-0.2, -0.15) is 4.72 Å². The van der Waals surface area contributed by atoms with Crippen LogP contribution >= 0.6 is 0 Å². The van der Waals surface area contributed by atoms with Gasteiger partial charge in [-0.05, 0) is 42.3 Å². The molecule has 0 fully saturated rings. The van der Waals surface area contributed by atoms with E-state index in [0.717, 1.165) is 0 Å². The van der Waals surface area contributed by atoms with Gasteiger partial charge in [0.15, 0.2) is 0 Å². The highest BCUT2D eigenvalue weighted by atomic mass is 32.2. The number of amides is 1. The topological polar surface area (TPSA) is 75.7 Å². The number of sulfonamides is 1. The second kappa shape index (κ2) is 8.33. The lowest BCUT2D eigenvalue weighted by atomic mass is 10.0. The molecule has 0 bridgehead atoms. The smallest absolute Gasteiger partial charge is 0.245 e. The van der Waals surface area contributed by atoms with E-state index in [4.69, 9.17) is 4.74 Å². The Labute approximate surface area is 154 Å². The van der Waals surface area contributed by atoms with Crippen LogP contribution in [0.15, 0.2) is 59.5 Å². The van der Waals surface area contributed by atoms with Crippen LogP contribution in [-0.4, -0.2) is 34.5 Å². The Kier molecular flexibility index (Phi) is 6.39. The van der Waals surface area contributed by atoms with Gasteiger partial charge in [-0.3, -0.25) is 4.79 Å². The van der Waals surface area contributed by atoms with E-state index in [2.05, 4.69) is 4.72 Å². The van der Waals surface area contributed by atoms with Gasteiger partial charge in [0.1, 0.15) is 11.8 Å². The number of carbonyl (C=O) groups excluding carboxylic acids is 1. The average Bonchev–Trinajstić information content (AvgIpc) is 2.65. The normalized spacial score (nSPS) is 12.7. The predicted octanol–water partition coefficient (Wildman–Crippen LogP) is 2.66. The van der Waals surface area contributed by atoms with Crippen LogP contribution in [0.4, 0.5) is 5.69 Å². The lowest BCUT2D eigenvalue weighted by molar-refractivity contribution is -0.120. The fraction of sp³-hybridized carbons (Fsp3) is 0.316. The third kappa shape index (κ3) is 4.62. The van der Waals surface area contributed by atoms with Crippen LogP contribution in [0, 0.1) is 5.92 Å². The summed E-state index contributed by atoms with van der Waals surface area (Å²) in [4.78, 5) is 14.4. The molecule has 0 aromatic heterocycles. The first-order valence-electron chi connectivity index (χ1n) is 8.25. The predicted molar refractivity (Wildman–Crippen MR) is 102 cm³/mol. The Balaban J connectivity index is 2.25. The van der Waals surface area contributed by atoms with Gasteiger partial charge in [0.25, 0.3) is 0 Å². The van der Waals surface area contributed by atoms with E-state index in [1.807, 2.05) is 18.2 Å². The molecule has 0 spiro atoms. The first kappa shape index (κ1) is 19.9. The maximum Gasteiger partial charge on any atom is 0.245 e. The molecule has 140 valence electrons. The molecular formula is C19H24N2O4S. The van der Waals surface area contributed by atoms with Crippen LogP contribution in [0.2, 0.25) is 0 Å². The molecule has 0 unspecified atom stereocenters. The van der Waals surface area contributed by atoms with Gasteiger partial charge in [-0.25, -0.2) is 8.42 Å². The largest absolute Gasteiger partial charge is 0.497 e. The van der Waals surface area contributed by atoms with Crippen molar-refractivity contribution in [3.63, 3.8) is 0 Å². The van der Waals surface area contributed by atoms with Crippen LogP contribution < -0.4 is 14.4 Å². The molecule has 0 aliphatic rings. The molecule has 0 saturated heterocycles. The van der Waals surface area contributed by atoms with E-state index in [9.17, 15) is 13.2 Å². The van der Waals surface area contributed by atoms with Crippen LogP contribution in [0.25, 0.3) is 0 Å². The number of para-hydroxylation sites is 1. The van der Waals surface area contributed by atoms with Crippen LogP contribution in [0.1, 0.15) is 13.8 Å². The molecule has 1 amide bonds. The summed E-state index contributed by atoms with van der Waals surface area (Å²) in [5, 5.41) is 0. The van der Waals surface area contributed by atoms with Gasteiger partial charge in [-0.1, -0.05) is 32.0 Å². The van der Waals surface area contributed by atoms with Crippen molar-refractivity contribution >= 4 is 21.6 Å². The Morgan fingerprint density at radius 1 is 1.04 bits per heavy atom. The van der Waals surface area contributed by atoms with Crippen molar-refractivity contribution in [2.45, 2.75) is 24.8 Å². The highest BCUT2D eigenvalue weighted by Crippen LogP contribution is 2.19. The highest BCUT2D eigenvalue weighted by molar-refractivity contribution is 7.89. The van der Waals surface area contributed by atoms with Crippen LogP contribution in [-0.2, 0) is 14.8 Å². The molecule has 0 aliphatic heterocycles. The number of ether oxygens (including phenoxy) is 1. The zero-order valence-corrected chi connectivity index (χ0v) is 16.2. The minimum absolute atomic E-state index is 0.0825. The van der Waals surface area contributed by atoms with Crippen molar-refractivity contribution < 1.29 is 17.9 Å². The summed E-state index contributed by atoms with van der Waals surface area (Å²) in [6.07, 6.45) is 0. The highest BCUT2D eigenvalue weighted by Gasteiger charge is 2.30. The summed E-state index contributed by atoms with van der Waals surface area (Å²) in [5.74, 6) is 0.0224. The number of hydrogen-bond donors (Lipinski definition) is 1.